The molecular weight excluding hydrogens is 313 g/mol. The predicted molar refractivity (Wildman–Crippen MR) is 83.1 cm³/mol. The van der Waals surface area contributed by atoms with Crippen LogP contribution >= 0.6 is 23.2 Å². The molecule has 0 atom stereocenters. The first-order valence-corrected chi connectivity index (χ1v) is 7.20. The third-order valence-corrected chi connectivity index (χ3v) is 3.97. The number of nitrogens with zero attached hydrogens (tertiary/aromatic N) is 1. The summed E-state index contributed by atoms with van der Waals surface area (Å²) < 4.78 is 5.74. The normalized spacial score (nSPS) is 11.2. The lowest BCUT2D eigenvalue weighted by atomic mass is 10.1. The number of H-pyrrole nitrogens is 2. The van der Waals surface area contributed by atoms with Crippen molar-refractivity contribution >= 4 is 34.1 Å². The third-order valence-electron chi connectivity index (χ3n) is 3.18. The average Bonchev–Trinajstić information content (AvgIpc) is 3.13. The molecule has 0 saturated heterocycles. The summed E-state index contributed by atoms with van der Waals surface area (Å²) in [5.41, 5.74) is 2.57. The maximum Gasteiger partial charge on any atom is 0.130 e. The van der Waals surface area contributed by atoms with Crippen LogP contribution in [0.3, 0.4) is 0 Å². The van der Waals surface area contributed by atoms with E-state index in [2.05, 4.69) is 15.2 Å². The van der Waals surface area contributed by atoms with Gasteiger partial charge >= 0.3 is 0 Å². The van der Waals surface area contributed by atoms with E-state index in [1.54, 1.807) is 18.5 Å². The van der Waals surface area contributed by atoms with Crippen molar-refractivity contribution < 1.29 is 9.84 Å². The summed E-state index contributed by atoms with van der Waals surface area (Å²) >= 11 is 12.4. The summed E-state index contributed by atoms with van der Waals surface area (Å²) in [5, 5.41) is 17.3. The van der Waals surface area contributed by atoms with Crippen molar-refractivity contribution in [3.63, 3.8) is 0 Å². The lowest BCUT2D eigenvalue weighted by Gasteiger charge is -2.10. The monoisotopic (exact) mass is 325 g/mol. The molecule has 0 saturated carbocycles. The topological polar surface area (TPSA) is 73.9 Å². The van der Waals surface area contributed by atoms with Crippen LogP contribution in [-0.4, -0.2) is 33.5 Å². The molecule has 7 heteroatoms. The third kappa shape index (κ3) is 2.60. The first-order valence-electron chi connectivity index (χ1n) is 6.44. The molecule has 0 bridgehead atoms. The Morgan fingerprint density at radius 1 is 1.29 bits per heavy atom. The van der Waals surface area contributed by atoms with Gasteiger partial charge in [-0.1, -0.05) is 23.2 Å². The second-order valence-corrected chi connectivity index (χ2v) is 5.32. The van der Waals surface area contributed by atoms with Gasteiger partial charge in [-0.3, -0.25) is 5.10 Å². The van der Waals surface area contributed by atoms with E-state index in [1.807, 2.05) is 6.20 Å². The summed E-state index contributed by atoms with van der Waals surface area (Å²) in [7, 11) is 0. The van der Waals surface area contributed by atoms with Gasteiger partial charge < -0.3 is 14.8 Å². The molecule has 0 unspecified atom stereocenters. The van der Waals surface area contributed by atoms with Crippen LogP contribution in [0.2, 0.25) is 10.0 Å². The molecular formula is C14H13Cl2N3O2. The maximum atomic E-state index is 8.88. The Kier molecular flexibility index (Phi) is 4.05. The number of hydrogen-bond donors (Lipinski definition) is 3. The minimum atomic E-state index is 0.0756. The van der Waals surface area contributed by atoms with Gasteiger partial charge in [0.25, 0.3) is 0 Å². The van der Waals surface area contributed by atoms with Gasteiger partial charge in [0.05, 0.1) is 33.8 Å². The number of rotatable bonds is 5. The Labute approximate surface area is 130 Å². The highest BCUT2D eigenvalue weighted by Crippen LogP contribution is 2.42. The van der Waals surface area contributed by atoms with E-state index in [4.69, 9.17) is 33.0 Å². The standard InChI is InChI=1S/C14H13Cl2N3O2/c15-10-4-11(21-3-1-2-20)12-9(8-5-18-19-6-8)7-17-14(12)13(10)16/h4-7,17,20H,1-3H2,(H,18,19). The van der Waals surface area contributed by atoms with Crippen LogP contribution in [0.15, 0.2) is 24.7 Å². The highest BCUT2D eigenvalue weighted by Gasteiger charge is 2.17. The quantitative estimate of drug-likeness (QED) is 0.627. The number of aliphatic hydroxyl groups excluding tert-OH is 1. The Morgan fingerprint density at radius 2 is 2.14 bits per heavy atom. The highest BCUT2D eigenvalue weighted by atomic mass is 35.5. The van der Waals surface area contributed by atoms with E-state index in [0.717, 1.165) is 22.0 Å². The smallest absolute Gasteiger partial charge is 0.130 e. The number of benzene rings is 1. The van der Waals surface area contributed by atoms with E-state index in [-0.39, 0.29) is 6.61 Å². The van der Waals surface area contributed by atoms with Gasteiger partial charge in [-0.25, -0.2) is 0 Å². The molecule has 21 heavy (non-hydrogen) atoms. The fraction of sp³-hybridized carbons (Fsp3) is 0.214. The van der Waals surface area contributed by atoms with E-state index in [9.17, 15) is 0 Å². The van der Waals surface area contributed by atoms with Gasteiger partial charge in [0.15, 0.2) is 0 Å². The average molecular weight is 326 g/mol. The molecule has 3 N–H and O–H groups in total. The van der Waals surface area contributed by atoms with Crippen LogP contribution in [0, 0.1) is 0 Å². The Hall–Kier alpha value is -1.69. The van der Waals surface area contributed by atoms with Crippen LogP contribution in [0.25, 0.3) is 22.0 Å². The number of aliphatic hydroxyl groups is 1. The SMILES string of the molecule is OCCCOc1cc(Cl)c(Cl)c2[nH]cc(-c3cn[nH]c3)c12. The van der Waals surface area contributed by atoms with Crippen LogP contribution in [0.4, 0.5) is 0 Å². The molecule has 3 rings (SSSR count). The van der Waals surface area contributed by atoms with Gasteiger partial charge in [-0.2, -0.15) is 5.10 Å². The summed E-state index contributed by atoms with van der Waals surface area (Å²) in [6.07, 6.45) is 5.91. The van der Waals surface area contributed by atoms with E-state index in [1.165, 1.54) is 0 Å². The fourth-order valence-electron chi connectivity index (χ4n) is 2.21. The van der Waals surface area contributed by atoms with Crippen LogP contribution in [-0.2, 0) is 0 Å². The Balaban J connectivity index is 2.15. The number of halogens is 2. The van der Waals surface area contributed by atoms with Gasteiger partial charge in [0.2, 0.25) is 0 Å². The molecule has 1 aromatic carbocycles. The van der Waals surface area contributed by atoms with Crippen LogP contribution in [0.1, 0.15) is 6.42 Å². The zero-order valence-electron chi connectivity index (χ0n) is 11.0. The summed E-state index contributed by atoms with van der Waals surface area (Å²) in [6, 6.07) is 1.70. The van der Waals surface area contributed by atoms with Crippen molar-refractivity contribution in [3.05, 3.63) is 34.7 Å². The molecule has 2 heterocycles. The number of nitrogens with one attached hydrogen (secondary N) is 2. The molecule has 0 fully saturated rings. The van der Waals surface area contributed by atoms with Crippen molar-refractivity contribution in [3.8, 4) is 16.9 Å². The van der Waals surface area contributed by atoms with Gasteiger partial charge in [0.1, 0.15) is 5.75 Å². The van der Waals surface area contributed by atoms with E-state index >= 15 is 0 Å². The largest absolute Gasteiger partial charge is 0.493 e. The molecule has 0 radical (unpaired) electrons. The van der Waals surface area contributed by atoms with Crippen molar-refractivity contribution in [1.29, 1.82) is 0 Å². The molecule has 0 spiro atoms. The minimum absolute atomic E-state index is 0.0756. The predicted octanol–water partition coefficient (Wildman–Crippen LogP) is 3.63. The minimum Gasteiger partial charge on any atom is -0.493 e. The molecule has 5 nitrogen and oxygen atoms in total. The van der Waals surface area contributed by atoms with Crippen molar-refractivity contribution in [2.45, 2.75) is 6.42 Å². The number of fused-ring (bicyclic) bond motifs is 1. The Morgan fingerprint density at radius 3 is 2.86 bits per heavy atom. The maximum absolute atomic E-state index is 8.88. The molecule has 0 aliphatic heterocycles. The van der Waals surface area contributed by atoms with E-state index < -0.39 is 0 Å². The number of hydrogen-bond acceptors (Lipinski definition) is 3. The van der Waals surface area contributed by atoms with Crippen molar-refractivity contribution in [2.24, 2.45) is 0 Å². The van der Waals surface area contributed by atoms with Crippen molar-refractivity contribution in [2.75, 3.05) is 13.2 Å². The highest BCUT2D eigenvalue weighted by molar-refractivity contribution is 6.45. The number of ether oxygens (including phenoxy) is 1. The summed E-state index contributed by atoms with van der Waals surface area (Å²) in [6.45, 7) is 0.478. The van der Waals surface area contributed by atoms with Crippen molar-refractivity contribution in [1.82, 2.24) is 15.2 Å². The van der Waals surface area contributed by atoms with E-state index in [0.29, 0.717) is 28.8 Å². The summed E-state index contributed by atoms with van der Waals surface area (Å²) in [5.74, 6) is 0.630. The zero-order valence-corrected chi connectivity index (χ0v) is 12.5. The second kappa shape index (κ2) is 5.97. The molecule has 110 valence electrons. The lowest BCUT2D eigenvalue weighted by Crippen LogP contribution is -2.00. The number of aromatic nitrogens is 3. The van der Waals surface area contributed by atoms with Crippen LogP contribution < -0.4 is 4.74 Å². The first kappa shape index (κ1) is 14.3. The second-order valence-electron chi connectivity index (χ2n) is 4.54. The molecule has 0 aliphatic carbocycles. The number of aromatic amines is 2. The van der Waals surface area contributed by atoms with Gasteiger partial charge in [-0.05, 0) is 0 Å². The molecule has 2 aromatic heterocycles. The zero-order chi connectivity index (χ0) is 14.8. The van der Waals surface area contributed by atoms with Gasteiger partial charge in [-0.15, -0.1) is 0 Å². The summed E-state index contributed by atoms with van der Waals surface area (Å²) in [4.78, 5) is 3.13. The Bertz CT molecular complexity index is 753. The van der Waals surface area contributed by atoms with Crippen LogP contribution in [0.5, 0.6) is 5.75 Å². The lowest BCUT2D eigenvalue weighted by molar-refractivity contribution is 0.235. The first-order chi connectivity index (χ1) is 10.2. The fourth-order valence-corrected chi connectivity index (χ4v) is 2.61. The molecule has 3 aromatic rings. The molecule has 0 amide bonds. The molecule has 0 aliphatic rings. The van der Waals surface area contributed by atoms with Gasteiger partial charge in [0, 0.05) is 42.6 Å².